The number of anilines is 2. The van der Waals surface area contributed by atoms with Gasteiger partial charge in [0.2, 0.25) is 5.95 Å². The number of thiazole rings is 1. The molecule has 4 fully saturated rings. The molecule has 4 saturated heterocycles. The van der Waals surface area contributed by atoms with Gasteiger partial charge in [-0.3, -0.25) is 4.90 Å². The van der Waals surface area contributed by atoms with E-state index in [1.807, 2.05) is 4.90 Å². The van der Waals surface area contributed by atoms with Crippen LogP contribution >= 0.6 is 22.9 Å². The first kappa shape index (κ1) is 31.7. The minimum atomic E-state index is -0.964. The van der Waals surface area contributed by atoms with Gasteiger partial charge in [0.25, 0.3) is 0 Å². The third kappa shape index (κ3) is 4.97. The maximum absolute atomic E-state index is 17.0. The Hall–Kier alpha value is -4.28. The number of carbonyl (C=O) groups is 1. The van der Waals surface area contributed by atoms with Gasteiger partial charge in [0, 0.05) is 54.8 Å². The second-order valence-corrected chi connectivity index (χ2v) is 15.0. The van der Waals surface area contributed by atoms with Gasteiger partial charge in [-0.15, -0.1) is 5.10 Å². The van der Waals surface area contributed by atoms with E-state index < -0.39 is 35.3 Å². The Bertz CT molecular complexity index is 2190. The molecule has 0 unspecified atom stereocenters. The van der Waals surface area contributed by atoms with E-state index >= 15 is 4.39 Å². The molecular weight excluding hydrogens is 698 g/mol. The highest BCUT2D eigenvalue weighted by atomic mass is 35.5. The van der Waals surface area contributed by atoms with Gasteiger partial charge >= 0.3 is 12.0 Å². The number of hydrogen-bond donors (Lipinski definition) is 1. The van der Waals surface area contributed by atoms with Gasteiger partial charge < -0.3 is 20.3 Å². The van der Waals surface area contributed by atoms with Crippen molar-refractivity contribution in [1.29, 1.82) is 0 Å². The molecule has 7 heterocycles. The number of fused-ring (bicyclic) bond motifs is 5. The van der Waals surface area contributed by atoms with E-state index in [-0.39, 0.29) is 61.7 Å². The Morgan fingerprint density at radius 2 is 1.88 bits per heavy atom. The number of halogens is 5. The second-order valence-electron chi connectivity index (χ2n) is 13.5. The number of aromatic nitrogens is 5. The van der Waals surface area contributed by atoms with E-state index in [4.69, 9.17) is 27.1 Å². The standard InChI is InChI=1S/C33H30ClF4N9O2S/c34-21-10-20-26(25(38)24(21)19-4-5-22(36)28-27(19)40-30(39)50-28)41-31(49-15-33-7-1-8-45(33)12-16(35)11-33)42-29(20)44-13-17-2-3-18(14-44)47(17)32(48)46-9-6-23(37)43-46/h4-6,9-10,16-18H,1-3,7-8,11-15H2,(H2,39,40)/t16-,17-,18+,33+/m1/s1. The lowest BCUT2D eigenvalue weighted by atomic mass is 9.95. The summed E-state index contributed by atoms with van der Waals surface area (Å²) in [7, 11) is 0. The molecule has 2 N–H and O–H groups in total. The third-order valence-corrected chi connectivity index (χ3v) is 11.8. The van der Waals surface area contributed by atoms with Gasteiger partial charge in [-0.1, -0.05) is 22.9 Å². The number of carbonyl (C=O) groups excluding carboxylic acids is 1. The van der Waals surface area contributed by atoms with Gasteiger partial charge in [0.1, 0.15) is 29.9 Å². The number of nitrogens with zero attached hydrogens (tertiary/aromatic N) is 8. The van der Waals surface area contributed by atoms with Crippen LogP contribution in [0.5, 0.6) is 6.01 Å². The fraction of sp³-hybridized carbons (Fsp3) is 0.424. The van der Waals surface area contributed by atoms with Crippen LogP contribution < -0.4 is 15.4 Å². The predicted molar refractivity (Wildman–Crippen MR) is 180 cm³/mol. The van der Waals surface area contributed by atoms with E-state index in [0.29, 0.717) is 50.1 Å². The molecule has 4 aliphatic heterocycles. The highest BCUT2D eigenvalue weighted by Gasteiger charge is 2.50. The summed E-state index contributed by atoms with van der Waals surface area (Å²) < 4.78 is 67.3. The lowest BCUT2D eigenvalue weighted by molar-refractivity contribution is 0.107. The van der Waals surface area contributed by atoms with Gasteiger partial charge in [-0.05, 0) is 50.4 Å². The zero-order chi connectivity index (χ0) is 34.5. The average molecular weight is 728 g/mol. The first-order chi connectivity index (χ1) is 24.1. The van der Waals surface area contributed by atoms with E-state index in [1.54, 1.807) is 11.0 Å². The molecule has 1 amide bonds. The molecule has 2 bridgehead atoms. The number of rotatable bonds is 5. The summed E-state index contributed by atoms with van der Waals surface area (Å²) in [4.78, 5) is 32.8. The normalized spacial score (nSPS) is 24.9. The Balaban J connectivity index is 1.14. The lowest BCUT2D eigenvalue weighted by Gasteiger charge is -2.41. The summed E-state index contributed by atoms with van der Waals surface area (Å²) in [6.07, 6.45) is 3.74. The molecule has 4 atom stereocenters. The maximum Gasteiger partial charge on any atom is 0.345 e. The zero-order valence-corrected chi connectivity index (χ0v) is 28.0. The quantitative estimate of drug-likeness (QED) is 0.217. The maximum atomic E-state index is 17.0. The van der Waals surface area contributed by atoms with Gasteiger partial charge in [-0.2, -0.15) is 19.0 Å². The van der Waals surface area contributed by atoms with Crippen molar-refractivity contribution >= 4 is 61.0 Å². The van der Waals surface area contributed by atoms with Crippen LogP contribution in [0.3, 0.4) is 0 Å². The van der Waals surface area contributed by atoms with Crippen LogP contribution in [0.25, 0.3) is 32.2 Å². The fourth-order valence-corrected chi connectivity index (χ4v) is 9.53. The molecule has 4 aliphatic rings. The molecule has 0 radical (unpaired) electrons. The Kier molecular flexibility index (Phi) is 7.37. The van der Waals surface area contributed by atoms with Crippen LogP contribution in [0.4, 0.5) is 33.3 Å². The Morgan fingerprint density at radius 1 is 1.08 bits per heavy atom. The molecule has 2 aromatic carbocycles. The van der Waals surface area contributed by atoms with Crippen molar-refractivity contribution in [2.45, 2.75) is 55.9 Å². The van der Waals surface area contributed by atoms with E-state index in [0.717, 1.165) is 41.5 Å². The Labute approximate surface area is 291 Å². The van der Waals surface area contributed by atoms with Crippen LogP contribution in [-0.2, 0) is 0 Å². The molecule has 0 spiro atoms. The van der Waals surface area contributed by atoms with E-state index in [2.05, 4.69) is 20.0 Å². The Morgan fingerprint density at radius 3 is 2.64 bits per heavy atom. The van der Waals surface area contributed by atoms with E-state index in [1.165, 1.54) is 18.3 Å². The highest BCUT2D eigenvalue weighted by molar-refractivity contribution is 7.22. The van der Waals surface area contributed by atoms with Crippen LogP contribution in [0.15, 0.2) is 30.5 Å². The van der Waals surface area contributed by atoms with Crippen molar-refractivity contribution in [3.63, 3.8) is 0 Å². The molecule has 0 saturated carbocycles. The third-order valence-electron chi connectivity index (χ3n) is 10.6. The smallest absolute Gasteiger partial charge is 0.345 e. The summed E-state index contributed by atoms with van der Waals surface area (Å²) in [6.45, 7) is 1.93. The zero-order valence-electron chi connectivity index (χ0n) is 26.5. The van der Waals surface area contributed by atoms with Crippen molar-refractivity contribution in [3.05, 3.63) is 53.1 Å². The summed E-state index contributed by atoms with van der Waals surface area (Å²) in [5, 5.41) is 4.14. The molecule has 9 rings (SSSR count). The molecule has 50 heavy (non-hydrogen) atoms. The van der Waals surface area contributed by atoms with Crippen molar-refractivity contribution in [2.75, 3.05) is 43.4 Å². The predicted octanol–water partition coefficient (Wildman–Crippen LogP) is 6.03. The molecule has 5 aromatic rings. The van der Waals surface area contributed by atoms with Crippen LogP contribution in [0.1, 0.15) is 32.1 Å². The minimum Gasteiger partial charge on any atom is -0.461 e. The SMILES string of the molecule is Nc1nc2c(-c3c(Cl)cc4c(N5C[C@H]6CC[C@@H](C5)N6C(=O)n5ccc(F)n5)nc(OC[C@@]56CCCN5C[C@H](F)C6)nc4c3F)ccc(F)c2s1. The monoisotopic (exact) mass is 727 g/mol. The summed E-state index contributed by atoms with van der Waals surface area (Å²) in [5.74, 6) is -1.70. The number of alkyl halides is 1. The number of nitrogen functional groups attached to an aromatic ring is 1. The average Bonchev–Trinajstić information content (AvgIpc) is 3.89. The highest BCUT2D eigenvalue weighted by Crippen LogP contribution is 2.45. The van der Waals surface area contributed by atoms with E-state index in [9.17, 15) is 18.0 Å². The fourth-order valence-electron chi connectivity index (χ4n) is 8.47. The van der Waals surface area contributed by atoms with Crippen molar-refractivity contribution in [3.8, 4) is 17.1 Å². The molecule has 260 valence electrons. The minimum absolute atomic E-state index is 0.0244. The van der Waals surface area contributed by atoms with Crippen molar-refractivity contribution in [1.82, 2.24) is 34.5 Å². The van der Waals surface area contributed by atoms with Gasteiger partial charge in [-0.25, -0.2) is 22.9 Å². The summed E-state index contributed by atoms with van der Waals surface area (Å²) >= 11 is 7.79. The van der Waals surface area contributed by atoms with Crippen LogP contribution in [-0.4, -0.2) is 97.1 Å². The van der Waals surface area contributed by atoms with Crippen LogP contribution in [0.2, 0.25) is 5.02 Å². The second kappa shape index (κ2) is 11.6. The van der Waals surface area contributed by atoms with Crippen LogP contribution in [0, 0.1) is 17.6 Å². The number of piperazine rings is 1. The summed E-state index contributed by atoms with van der Waals surface area (Å²) in [6, 6.07) is 4.32. The number of amides is 1. The molecule has 17 heteroatoms. The number of benzene rings is 2. The molecule has 0 aliphatic carbocycles. The lowest BCUT2D eigenvalue weighted by Crippen LogP contribution is -2.57. The number of hydrogen-bond acceptors (Lipinski definition) is 10. The van der Waals surface area contributed by atoms with Crippen molar-refractivity contribution in [2.24, 2.45) is 0 Å². The number of nitrogens with two attached hydrogens (primary N) is 1. The molecular formula is C33H30ClF4N9O2S. The topological polar surface area (TPSA) is 119 Å². The first-order valence-corrected chi connectivity index (χ1v) is 17.6. The first-order valence-electron chi connectivity index (χ1n) is 16.4. The van der Waals surface area contributed by atoms with Crippen molar-refractivity contribution < 1.29 is 27.1 Å². The number of ether oxygens (including phenoxy) is 1. The van der Waals surface area contributed by atoms with Gasteiger partial charge in [0.15, 0.2) is 10.9 Å². The molecule has 3 aromatic heterocycles. The molecule has 11 nitrogen and oxygen atoms in total. The summed E-state index contributed by atoms with van der Waals surface area (Å²) in [5.41, 5.74) is 5.75. The largest absolute Gasteiger partial charge is 0.461 e. The van der Waals surface area contributed by atoms with Gasteiger partial charge in [0.05, 0.1) is 32.9 Å².